The van der Waals surface area contributed by atoms with Gasteiger partial charge in [0.05, 0.1) is 15.2 Å². The molecule has 0 radical (unpaired) electrons. The van der Waals surface area contributed by atoms with E-state index in [9.17, 15) is 4.79 Å². The number of halogens is 2. The van der Waals surface area contributed by atoms with Crippen LogP contribution in [0.15, 0.2) is 24.3 Å². The van der Waals surface area contributed by atoms with Gasteiger partial charge in [0.2, 0.25) is 5.91 Å². The van der Waals surface area contributed by atoms with Crippen molar-refractivity contribution in [3.05, 3.63) is 29.3 Å². The Morgan fingerprint density at radius 3 is 2.62 bits per heavy atom. The van der Waals surface area contributed by atoms with Crippen molar-refractivity contribution in [1.29, 1.82) is 0 Å². The van der Waals surface area contributed by atoms with Gasteiger partial charge >= 0.3 is 0 Å². The number of nitrogens with two attached hydrogens (primary N) is 1. The van der Waals surface area contributed by atoms with Crippen LogP contribution in [-0.4, -0.2) is 23.5 Å². The minimum Gasteiger partial charge on any atom is -0.353 e. The normalized spacial score (nSPS) is 12.9. The van der Waals surface area contributed by atoms with E-state index in [0.717, 1.165) is 16.9 Å². The molecule has 1 aromatic heterocycles. The Balaban J connectivity index is 0.00000200. The monoisotopic (exact) mass is 349 g/mol. The molecule has 2 aromatic rings. The number of carbonyl (C=O) groups excluding carboxylic acids is 1. The molecule has 118 valence electrons. The smallest absolute Gasteiger partial charge is 0.224 e. The second-order valence-electron chi connectivity index (χ2n) is 4.83. The third-order valence-electron chi connectivity index (χ3n) is 3.01. The zero-order valence-corrected chi connectivity index (χ0v) is 14.5. The predicted octanol–water partition coefficient (Wildman–Crippen LogP) is 2.78. The summed E-state index contributed by atoms with van der Waals surface area (Å²) in [5.41, 5.74) is 6.51. The molecule has 0 aliphatic rings. The van der Waals surface area contributed by atoms with Crippen molar-refractivity contribution < 1.29 is 4.79 Å². The average Bonchev–Trinajstić information content (AvgIpc) is 2.79. The van der Waals surface area contributed by atoms with E-state index in [-0.39, 0.29) is 42.7 Å². The number of thiazole rings is 1. The van der Waals surface area contributed by atoms with E-state index in [2.05, 4.69) is 16.4 Å². The SMILES string of the molecule is CC(Cc1nc2ccccc2s1)NC(=O)C(C)CN.Cl.Cl. The van der Waals surface area contributed by atoms with Gasteiger partial charge in [-0.15, -0.1) is 36.2 Å². The number of fused-ring (bicyclic) bond motifs is 1. The lowest BCUT2D eigenvalue weighted by Crippen LogP contribution is -2.39. The van der Waals surface area contributed by atoms with Gasteiger partial charge in [0.15, 0.2) is 0 Å². The summed E-state index contributed by atoms with van der Waals surface area (Å²) in [6, 6.07) is 8.14. The fraction of sp³-hybridized carbons (Fsp3) is 0.429. The Hall–Kier alpha value is -0.880. The minimum atomic E-state index is -0.141. The van der Waals surface area contributed by atoms with Crippen LogP contribution in [0.4, 0.5) is 0 Å². The maximum absolute atomic E-state index is 11.7. The molecule has 1 heterocycles. The van der Waals surface area contributed by atoms with E-state index in [0.29, 0.717) is 6.54 Å². The molecule has 2 unspecified atom stereocenters. The summed E-state index contributed by atoms with van der Waals surface area (Å²) >= 11 is 1.68. The second-order valence-corrected chi connectivity index (χ2v) is 5.94. The lowest BCUT2D eigenvalue weighted by Gasteiger charge is -2.15. The van der Waals surface area contributed by atoms with Gasteiger partial charge in [0.25, 0.3) is 0 Å². The summed E-state index contributed by atoms with van der Waals surface area (Å²) in [6.07, 6.45) is 0.752. The molecule has 2 atom stereocenters. The van der Waals surface area contributed by atoms with Crippen molar-refractivity contribution in [1.82, 2.24) is 10.3 Å². The van der Waals surface area contributed by atoms with E-state index in [1.807, 2.05) is 32.0 Å². The molecule has 0 spiro atoms. The molecule has 7 heteroatoms. The van der Waals surface area contributed by atoms with Crippen molar-refractivity contribution in [2.75, 3.05) is 6.54 Å². The van der Waals surface area contributed by atoms with Crippen molar-refractivity contribution in [3.8, 4) is 0 Å². The lowest BCUT2D eigenvalue weighted by atomic mass is 10.1. The molecule has 0 aliphatic carbocycles. The summed E-state index contributed by atoms with van der Waals surface area (Å²) in [5, 5.41) is 4.02. The first kappa shape index (κ1) is 20.1. The van der Waals surface area contributed by atoms with Crippen LogP contribution in [0.1, 0.15) is 18.9 Å². The van der Waals surface area contributed by atoms with Crippen LogP contribution >= 0.6 is 36.2 Å². The molecule has 0 saturated heterocycles. The highest BCUT2D eigenvalue weighted by molar-refractivity contribution is 7.18. The van der Waals surface area contributed by atoms with E-state index in [1.54, 1.807) is 11.3 Å². The van der Waals surface area contributed by atoms with Gasteiger partial charge < -0.3 is 11.1 Å². The first-order chi connectivity index (χ1) is 9.10. The van der Waals surface area contributed by atoms with Crippen LogP contribution in [0.5, 0.6) is 0 Å². The second kappa shape index (κ2) is 9.20. The number of nitrogens with zero attached hydrogens (tertiary/aromatic N) is 1. The van der Waals surface area contributed by atoms with Crippen molar-refractivity contribution in [2.45, 2.75) is 26.3 Å². The number of para-hydroxylation sites is 1. The van der Waals surface area contributed by atoms with Gasteiger partial charge in [-0.05, 0) is 19.1 Å². The van der Waals surface area contributed by atoms with Crippen LogP contribution in [0.25, 0.3) is 10.2 Å². The maximum Gasteiger partial charge on any atom is 0.224 e. The number of rotatable bonds is 5. The van der Waals surface area contributed by atoms with Crippen LogP contribution in [0, 0.1) is 5.92 Å². The van der Waals surface area contributed by atoms with Crippen LogP contribution in [0.3, 0.4) is 0 Å². The number of benzene rings is 1. The summed E-state index contributed by atoms with van der Waals surface area (Å²) in [6.45, 7) is 4.20. The van der Waals surface area contributed by atoms with Crippen molar-refractivity contribution >= 4 is 52.3 Å². The Morgan fingerprint density at radius 1 is 1.33 bits per heavy atom. The standard InChI is InChI=1S/C14H19N3OS.2ClH/c1-9(8-15)14(18)16-10(2)7-13-17-11-5-3-4-6-12(11)19-13;;/h3-6,9-10H,7-8,15H2,1-2H3,(H,16,18);2*1H. The highest BCUT2D eigenvalue weighted by Crippen LogP contribution is 2.22. The predicted molar refractivity (Wildman–Crippen MR) is 93.6 cm³/mol. The number of hydrogen-bond donors (Lipinski definition) is 2. The van der Waals surface area contributed by atoms with Crippen LogP contribution in [0.2, 0.25) is 0 Å². The van der Waals surface area contributed by atoms with Crippen molar-refractivity contribution in [3.63, 3.8) is 0 Å². The first-order valence-electron chi connectivity index (χ1n) is 6.45. The molecular weight excluding hydrogens is 329 g/mol. The Morgan fingerprint density at radius 2 is 2.00 bits per heavy atom. The van der Waals surface area contributed by atoms with Gasteiger partial charge in [-0.2, -0.15) is 0 Å². The number of hydrogen-bond acceptors (Lipinski definition) is 4. The minimum absolute atomic E-state index is 0. The summed E-state index contributed by atoms with van der Waals surface area (Å²) in [4.78, 5) is 16.3. The molecule has 0 aliphatic heterocycles. The Bertz CT molecular complexity index is 543. The molecule has 2 rings (SSSR count). The van der Waals surface area contributed by atoms with E-state index >= 15 is 0 Å². The molecule has 1 amide bonds. The molecule has 21 heavy (non-hydrogen) atoms. The lowest BCUT2D eigenvalue weighted by molar-refractivity contribution is -0.124. The largest absolute Gasteiger partial charge is 0.353 e. The topological polar surface area (TPSA) is 68.0 Å². The van der Waals surface area contributed by atoms with Crippen LogP contribution < -0.4 is 11.1 Å². The van der Waals surface area contributed by atoms with E-state index < -0.39 is 0 Å². The van der Waals surface area contributed by atoms with E-state index in [4.69, 9.17) is 5.73 Å². The number of aromatic nitrogens is 1. The number of amides is 1. The highest BCUT2D eigenvalue weighted by Gasteiger charge is 2.15. The Labute approximate surface area is 141 Å². The van der Waals surface area contributed by atoms with Gasteiger partial charge in [0.1, 0.15) is 0 Å². The molecule has 0 bridgehead atoms. The zero-order chi connectivity index (χ0) is 13.8. The molecule has 4 nitrogen and oxygen atoms in total. The molecule has 1 aromatic carbocycles. The first-order valence-corrected chi connectivity index (χ1v) is 7.26. The fourth-order valence-corrected chi connectivity index (χ4v) is 2.91. The zero-order valence-electron chi connectivity index (χ0n) is 12.0. The van der Waals surface area contributed by atoms with Gasteiger partial charge in [-0.1, -0.05) is 19.1 Å². The van der Waals surface area contributed by atoms with Gasteiger partial charge in [-0.25, -0.2) is 4.98 Å². The average molecular weight is 350 g/mol. The summed E-state index contributed by atoms with van der Waals surface area (Å²) < 4.78 is 1.19. The molecule has 0 fully saturated rings. The summed E-state index contributed by atoms with van der Waals surface area (Å²) in [7, 11) is 0. The molecule has 0 saturated carbocycles. The number of nitrogens with one attached hydrogen (secondary N) is 1. The molecule has 3 N–H and O–H groups in total. The maximum atomic E-state index is 11.7. The van der Waals surface area contributed by atoms with Gasteiger partial charge in [-0.3, -0.25) is 4.79 Å². The molecular formula is C14H21Cl2N3OS. The third-order valence-corrected chi connectivity index (χ3v) is 4.07. The number of carbonyl (C=O) groups is 1. The quantitative estimate of drug-likeness (QED) is 0.871. The Kier molecular flexibility index (Phi) is 8.82. The summed E-state index contributed by atoms with van der Waals surface area (Å²) in [5.74, 6) is -0.131. The fourth-order valence-electron chi connectivity index (χ4n) is 1.81. The van der Waals surface area contributed by atoms with E-state index in [1.165, 1.54) is 4.70 Å². The van der Waals surface area contributed by atoms with Crippen LogP contribution in [-0.2, 0) is 11.2 Å². The third kappa shape index (κ3) is 5.43. The highest BCUT2D eigenvalue weighted by atomic mass is 35.5. The van der Waals surface area contributed by atoms with Crippen molar-refractivity contribution in [2.24, 2.45) is 11.7 Å². The van der Waals surface area contributed by atoms with Gasteiger partial charge in [0, 0.05) is 24.9 Å².